The monoisotopic (exact) mass is 742 g/mol. The van der Waals surface area contributed by atoms with E-state index in [2.05, 4.69) is 29.7 Å². The van der Waals surface area contributed by atoms with E-state index in [9.17, 15) is 14.7 Å². The number of nitrogens with zero attached hydrogens (tertiary/aromatic N) is 2. The molecule has 9 rings (SSSR count). The van der Waals surface area contributed by atoms with Crippen molar-refractivity contribution in [2.75, 3.05) is 13.1 Å². The predicted octanol–water partition coefficient (Wildman–Crippen LogP) is 7.61. The van der Waals surface area contributed by atoms with E-state index < -0.39 is 35.0 Å². The van der Waals surface area contributed by atoms with Crippen molar-refractivity contribution < 1.29 is 24.3 Å². The maximum absolute atomic E-state index is 15.3. The van der Waals surface area contributed by atoms with E-state index in [1.54, 1.807) is 11.0 Å². The smallest absolute Gasteiger partial charge is 0.233 e. The molecule has 0 aromatic heterocycles. The Labute approximate surface area is 328 Å². The summed E-state index contributed by atoms with van der Waals surface area (Å²) < 4.78 is 0. The van der Waals surface area contributed by atoms with Crippen molar-refractivity contribution in [1.29, 1.82) is 0 Å². The second kappa shape index (κ2) is 14.4. The molecular formula is C49H46N2O5. The molecule has 0 radical (unpaired) electrons. The first-order chi connectivity index (χ1) is 27.3. The number of rotatable bonds is 8. The van der Waals surface area contributed by atoms with E-state index in [1.807, 2.05) is 97.1 Å². The van der Waals surface area contributed by atoms with E-state index in [1.165, 1.54) is 11.6 Å². The summed E-state index contributed by atoms with van der Waals surface area (Å²) in [6.45, 7) is 6.31. The largest absolute Gasteiger partial charge is 0.507 e. The molecule has 0 spiro atoms. The number of piperidine rings is 1. The lowest BCUT2D eigenvalue weighted by Gasteiger charge is -2.55. The number of ketones is 2. The summed E-state index contributed by atoms with van der Waals surface area (Å²) >= 11 is 0. The van der Waals surface area contributed by atoms with Crippen molar-refractivity contribution in [1.82, 2.24) is 9.80 Å². The van der Waals surface area contributed by atoms with Crippen LogP contribution in [-0.4, -0.2) is 57.4 Å². The van der Waals surface area contributed by atoms with Crippen LogP contribution in [0.1, 0.15) is 59.4 Å². The van der Waals surface area contributed by atoms with Gasteiger partial charge in [-0.05, 0) is 66.4 Å². The molecule has 7 heteroatoms. The number of imide groups is 1. The molecule has 0 unspecified atom stereocenters. The van der Waals surface area contributed by atoms with Crippen LogP contribution >= 0.6 is 0 Å². The lowest BCUT2D eigenvalue weighted by Crippen LogP contribution is -2.59. The number of fused-ring (bicyclic) bond motifs is 4. The van der Waals surface area contributed by atoms with E-state index >= 15 is 9.59 Å². The highest BCUT2D eigenvalue weighted by atomic mass is 16.3. The van der Waals surface area contributed by atoms with Crippen molar-refractivity contribution in [2.45, 2.75) is 56.0 Å². The quantitative estimate of drug-likeness (QED) is 0.148. The highest BCUT2D eigenvalue weighted by Gasteiger charge is 2.66. The third kappa shape index (κ3) is 5.66. The van der Waals surface area contributed by atoms with Crippen molar-refractivity contribution >= 4 is 29.0 Å². The summed E-state index contributed by atoms with van der Waals surface area (Å²) in [5.74, 6) is -3.89. The molecule has 6 atom stereocenters. The zero-order valence-electron chi connectivity index (χ0n) is 31.4. The Hall–Kier alpha value is -5.66. The number of para-hydroxylation sites is 1. The molecule has 3 fully saturated rings. The Bertz CT molecular complexity index is 2270. The minimum absolute atomic E-state index is 0.0610. The first-order valence-electron chi connectivity index (χ1n) is 20.0. The molecular weight excluding hydrogens is 697 g/mol. The van der Waals surface area contributed by atoms with Gasteiger partial charge in [0, 0.05) is 48.6 Å². The Morgan fingerprint density at radius 1 is 0.786 bits per heavy atom. The third-order valence-electron chi connectivity index (χ3n) is 13.4. The van der Waals surface area contributed by atoms with Crippen molar-refractivity contribution in [3.8, 4) is 5.75 Å². The number of hydrogen-bond acceptors (Lipinski definition) is 6. The number of carbonyl (C=O) groups is 4. The van der Waals surface area contributed by atoms with Crippen molar-refractivity contribution in [3.05, 3.63) is 167 Å². The van der Waals surface area contributed by atoms with E-state index in [0.717, 1.165) is 25.2 Å². The van der Waals surface area contributed by atoms with Crippen molar-refractivity contribution in [2.24, 2.45) is 23.7 Å². The summed E-state index contributed by atoms with van der Waals surface area (Å²) in [5, 5.41) is 12.1. The Morgan fingerprint density at radius 2 is 1.46 bits per heavy atom. The van der Waals surface area contributed by atoms with Gasteiger partial charge in [0.2, 0.25) is 11.8 Å². The summed E-state index contributed by atoms with van der Waals surface area (Å²) in [7, 11) is 0. The molecule has 2 saturated heterocycles. The van der Waals surface area contributed by atoms with Gasteiger partial charge < -0.3 is 5.11 Å². The first kappa shape index (κ1) is 36.0. The molecule has 4 aromatic rings. The van der Waals surface area contributed by atoms with Gasteiger partial charge in [0.25, 0.3) is 0 Å². The summed E-state index contributed by atoms with van der Waals surface area (Å²) in [6, 6.07) is 34.5. The SMILES string of the molecule is C=CCc1cccc([C@H]2C3=CC[C@@H]4C(=O)N(C5CCN(Cc6ccccc6)CC5)C(=O)[C@@H]4[C@@H]3C[C@H]3C(=O)C(c4ccccc4)=CC(=O)[C@@]23c2ccccc2)c1O. The number of benzene rings is 4. The second-order valence-electron chi connectivity index (χ2n) is 16.2. The van der Waals surface area contributed by atoms with Crippen LogP contribution in [0, 0.1) is 23.7 Å². The fourth-order valence-electron chi connectivity index (χ4n) is 10.9. The number of phenols is 1. The number of phenolic OH excluding ortho intramolecular Hbond substituents is 1. The number of allylic oxidation sites excluding steroid dienone is 5. The van der Waals surface area contributed by atoms with Crippen LogP contribution in [0.5, 0.6) is 5.75 Å². The minimum Gasteiger partial charge on any atom is -0.507 e. The number of carbonyl (C=O) groups excluding carboxylic acids is 4. The molecule has 5 aliphatic rings. The third-order valence-corrected chi connectivity index (χ3v) is 13.4. The molecule has 4 aromatic carbocycles. The average Bonchev–Trinajstić information content (AvgIpc) is 3.49. The van der Waals surface area contributed by atoms with Gasteiger partial charge in [0.15, 0.2) is 11.6 Å². The molecule has 2 aliphatic heterocycles. The number of amides is 2. The van der Waals surface area contributed by atoms with Crippen LogP contribution < -0.4 is 0 Å². The minimum atomic E-state index is -1.40. The topological polar surface area (TPSA) is 95.0 Å². The standard InChI is InChI=1S/C49H46N2O5/c1-2-13-33-18-12-21-38(45(33)53)44-36-22-23-37-43(48(56)51(47(37)55)35-24-26-50(27-25-35)30-31-14-6-3-7-15-31)40(36)28-41-46(54)39(32-16-8-4-9-17-32)29-42(52)49(41,44)34-19-10-5-11-20-34/h2-12,14-22,29,35,37,40-41,43-44,53H,1,13,23-28,30H2/t37-,40+,41-,43-,44+,49-/m0/s1. The maximum Gasteiger partial charge on any atom is 0.233 e. The zero-order chi connectivity index (χ0) is 38.6. The number of Topliss-reactive ketones (excluding diaryl/α,β-unsaturated/α-hetero) is 1. The van der Waals surface area contributed by atoms with Gasteiger partial charge in [-0.1, -0.05) is 127 Å². The molecule has 2 heterocycles. The fourth-order valence-corrected chi connectivity index (χ4v) is 10.9. The number of aromatic hydroxyl groups is 1. The van der Waals surface area contributed by atoms with Gasteiger partial charge >= 0.3 is 0 Å². The zero-order valence-corrected chi connectivity index (χ0v) is 31.4. The molecule has 2 amide bonds. The predicted molar refractivity (Wildman–Crippen MR) is 215 cm³/mol. The highest BCUT2D eigenvalue weighted by molar-refractivity contribution is 6.31. The Balaban J connectivity index is 1.15. The molecule has 7 nitrogen and oxygen atoms in total. The van der Waals surface area contributed by atoms with Gasteiger partial charge in [-0.3, -0.25) is 29.0 Å². The molecule has 0 bridgehead atoms. The lowest BCUT2D eigenvalue weighted by atomic mass is 9.44. The van der Waals surface area contributed by atoms with Crippen molar-refractivity contribution in [3.63, 3.8) is 0 Å². The molecule has 282 valence electrons. The van der Waals surface area contributed by atoms with Gasteiger partial charge in [-0.15, -0.1) is 6.58 Å². The molecule has 56 heavy (non-hydrogen) atoms. The van der Waals surface area contributed by atoms with Crippen LogP contribution in [0.4, 0.5) is 0 Å². The summed E-state index contributed by atoms with van der Waals surface area (Å²) in [6.07, 6.45) is 7.75. The van der Waals surface area contributed by atoms with Gasteiger partial charge in [0.05, 0.1) is 17.3 Å². The number of likely N-dealkylation sites (tertiary alicyclic amines) is 2. The maximum atomic E-state index is 15.3. The van der Waals surface area contributed by atoms with E-state index in [-0.39, 0.29) is 41.6 Å². The van der Waals surface area contributed by atoms with Gasteiger partial charge in [-0.25, -0.2) is 0 Å². The first-order valence-corrected chi connectivity index (χ1v) is 20.0. The highest BCUT2D eigenvalue weighted by Crippen LogP contribution is 2.64. The number of hydrogen-bond donors (Lipinski definition) is 1. The van der Waals surface area contributed by atoms with E-state index in [0.29, 0.717) is 53.5 Å². The fraction of sp³-hybridized carbons (Fsp3) is 0.306. The van der Waals surface area contributed by atoms with Gasteiger partial charge in [0.1, 0.15) is 5.75 Å². The van der Waals surface area contributed by atoms with Crippen LogP contribution in [0.3, 0.4) is 0 Å². The molecule has 1 saturated carbocycles. The van der Waals surface area contributed by atoms with Gasteiger partial charge in [-0.2, -0.15) is 0 Å². The lowest BCUT2D eigenvalue weighted by molar-refractivity contribution is -0.144. The average molecular weight is 743 g/mol. The Morgan fingerprint density at radius 3 is 2.16 bits per heavy atom. The van der Waals surface area contributed by atoms with Crippen LogP contribution in [0.25, 0.3) is 5.57 Å². The van der Waals surface area contributed by atoms with Crippen LogP contribution in [0.15, 0.2) is 140 Å². The second-order valence-corrected chi connectivity index (χ2v) is 16.2. The summed E-state index contributed by atoms with van der Waals surface area (Å²) in [4.78, 5) is 63.8. The molecule has 3 aliphatic carbocycles. The van der Waals surface area contributed by atoms with E-state index in [4.69, 9.17) is 0 Å². The molecule has 1 N–H and O–H groups in total. The Kier molecular flexibility index (Phi) is 9.29. The van der Waals surface area contributed by atoms with Crippen LogP contribution in [-0.2, 0) is 37.6 Å². The normalized spacial score (nSPS) is 27.9. The summed E-state index contributed by atoms with van der Waals surface area (Å²) in [5.41, 5.74) is 3.63. The van der Waals surface area contributed by atoms with Crippen LogP contribution in [0.2, 0.25) is 0 Å².